The Kier molecular flexibility index (Phi) is 3.93. The van der Waals surface area contributed by atoms with Crippen LogP contribution in [0.25, 0.3) is 0 Å². The number of β-amino-alcohol motifs (C(OH)–C–C–N with tert-alkyl or cyclic N) is 2. The first-order chi connectivity index (χ1) is 8.93. The molecule has 8 heteroatoms. The van der Waals surface area contributed by atoms with Crippen LogP contribution in [0.4, 0.5) is 0 Å². The van der Waals surface area contributed by atoms with Crippen molar-refractivity contribution in [2.75, 3.05) is 19.3 Å². The number of carbonyl (C=O) groups is 1. The molecule has 1 aromatic heterocycles. The fraction of sp³-hybridized carbons (Fsp3) is 0.545. The van der Waals surface area contributed by atoms with Crippen LogP contribution in [0, 0.1) is 6.92 Å². The molecule has 104 valence electrons. The normalized spacial score (nSPS) is 22.8. The third-order valence-corrected chi connectivity index (χ3v) is 3.72. The molecule has 3 N–H and O–H groups in total. The maximum Gasteiger partial charge on any atom is 0.346 e. The van der Waals surface area contributed by atoms with Gasteiger partial charge in [-0.3, -0.25) is 4.79 Å². The fourth-order valence-corrected chi connectivity index (χ4v) is 2.67. The molecule has 1 aromatic rings. The number of hydrogen-bond donors (Lipinski definition) is 3. The number of thioether (sulfide) groups is 1. The van der Waals surface area contributed by atoms with Gasteiger partial charge in [-0.15, -0.1) is 11.8 Å². The van der Waals surface area contributed by atoms with Crippen LogP contribution in [-0.2, 0) is 0 Å². The zero-order chi connectivity index (χ0) is 14.2. The predicted octanol–water partition coefficient (Wildman–Crippen LogP) is -1.02. The van der Waals surface area contributed by atoms with Crippen LogP contribution in [-0.4, -0.2) is 62.5 Å². The molecule has 2 rings (SSSR count). The van der Waals surface area contributed by atoms with E-state index in [2.05, 4.69) is 9.97 Å². The molecule has 1 fully saturated rings. The molecule has 7 nitrogen and oxygen atoms in total. The van der Waals surface area contributed by atoms with E-state index in [-0.39, 0.29) is 19.0 Å². The number of nitrogens with one attached hydrogen (secondary N) is 1. The second-order valence-corrected chi connectivity index (χ2v) is 5.19. The molecule has 2 heterocycles. The number of aryl methyl sites for hydroxylation is 1. The maximum absolute atomic E-state index is 12.4. The van der Waals surface area contributed by atoms with E-state index in [0.29, 0.717) is 16.3 Å². The lowest BCUT2D eigenvalue weighted by Gasteiger charge is -2.17. The SMILES string of the molecule is CSc1nc(=O)[nH]c(C)c1C(=O)N1CC(O)C(O)C1. The van der Waals surface area contributed by atoms with Crippen LogP contribution < -0.4 is 5.69 Å². The van der Waals surface area contributed by atoms with Crippen molar-refractivity contribution < 1.29 is 15.0 Å². The van der Waals surface area contributed by atoms with Gasteiger partial charge in [0, 0.05) is 18.8 Å². The molecule has 0 spiro atoms. The standard InChI is InChI=1S/C11H15N3O4S/c1-5-8(9(19-2)13-11(18)12-5)10(17)14-3-6(15)7(16)4-14/h6-7,15-16H,3-4H2,1-2H3,(H,12,13,18). The van der Waals surface area contributed by atoms with Gasteiger partial charge < -0.3 is 20.1 Å². The number of carbonyl (C=O) groups excluding carboxylic acids is 1. The van der Waals surface area contributed by atoms with Crippen LogP contribution in [0.3, 0.4) is 0 Å². The Morgan fingerprint density at radius 2 is 2.00 bits per heavy atom. The van der Waals surface area contributed by atoms with E-state index < -0.39 is 17.9 Å². The third-order valence-electron chi connectivity index (χ3n) is 3.04. The smallest absolute Gasteiger partial charge is 0.346 e. The van der Waals surface area contributed by atoms with Gasteiger partial charge in [0.25, 0.3) is 5.91 Å². The molecule has 0 aromatic carbocycles. The summed E-state index contributed by atoms with van der Waals surface area (Å²) in [6, 6.07) is 0. The lowest BCUT2D eigenvalue weighted by atomic mass is 10.2. The third kappa shape index (κ3) is 2.65. The molecular formula is C11H15N3O4S. The fourth-order valence-electron chi connectivity index (χ4n) is 2.05. The summed E-state index contributed by atoms with van der Waals surface area (Å²) in [6.45, 7) is 1.78. The molecular weight excluding hydrogens is 270 g/mol. The Balaban J connectivity index is 2.37. The highest BCUT2D eigenvalue weighted by Crippen LogP contribution is 2.22. The number of amides is 1. The first-order valence-corrected chi connectivity index (χ1v) is 6.96. The van der Waals surface area contributed by atoms with E-state index in [4.69, 9.17) is 0 Å². The van der Waals surface area contributed by atoms with E-state index in [9.17, 15) is 19.8 Å². The second-order valence-electron chi connectivity index (χ2n) is 4.40. The monoisotopic (exact) mass is 285 g/mol. The quantitative estimate of drug-likeness (QED) is 0.474. The summed E-state index contributed by atoms with van der Waals surface area (Å²) >= 11 is 1.21. The molecule has 0 radical (unpaired) electrons. The van der Waals surface area contributed by atoms with Gasteiger partial charge in [0.2, 0.25) is 0 Å². The van der Waals surface area contributed by atoms with Gasteiger partial charge in [-0.05, 0) is 13.2 Å². The highest BCUT2D eigenvalue weighted by molar-refractivity contribution is 7.98. The van der Waals surface area contributed by atoms with Crippen molar-refractivity contribution in [3.05, 3.63) is 21.7 Å². The lowest BCUT2D eigenvalue weighted by Crippen LogP contribution is -2.32. The van der Waals surface area contributed by atoms with Gasteiger partial charge >= 0.3 is 5.69 Å². The van der Waals surface area contributed by atoms with E-state index in [0.717, 1.165) is 0 Å². The van der Waals surface area contributed by atoms with Gasteiger partial charge in [-0.2, -0.15) is 4.98 Å². The zero-order valence-electron chi connectivity index (χ0n) is 10.6. The van der Waals surface area contributed by atoms with Crippen molar-refractivity contribution in [1.29, 1.82) is 0 Å². The summed E-state index contributed by atoms with van der Waals surface area (Å²) in [5, 5.41) is 19.3. The van der Waals surface area contributed by atoms with Crippen LogP contribution in [0.1, 0.15) is 16.1 Å². The largest absolute Gasteiger partial charge is 0.388 e. The lowest BCUT2D eigenvalue weighted by molar-refractivity contribution is 0.0572. The summed E-state index contributed by atoms with van der Waals surface area (Å²) < 4.78 is 0. The van der Waals surface area contributed by atoms with Crippen molar-refractivity contribution in [3.63, 3.8) is 0 Å². The number of aliphatic hydroxyl groups is 2. The van der Waals surface area contributed by atoms with Gasteiger partial charge in [0.15, 0.2) is 0 Å². The summed E-state index contributed by atoms with van der Waals surface area (Å²) in [5.41, 5.74) is 0.249. The Hall–Kier alpha value is -1.38. The Bertz CT molecular complexity index is 549. The van der Waals surface area contributed by atoms with E-state index in [1.54, 1.807) is 13.2 Å². The van der Waals surface area contributed by atoms with Crippen molar-refractivity contribution in [3.8, 4) is 0 Å². The topological polar surface area (TPSA) is 107 Å². The summed E-state index contributed by atoms with van der Waals surface area (Å²) in [5.74, 6) is -0.346. The minimum Gasteiger partial charge on any atom is -0.388 e. The number of nitrogens with zero attached hydrogens (tertiary/aromatic N) is 2. The highest BCUT2D eigenvalue weighted by atomic mass is 32.2. The van der Waals surface area contributed by atoms with Crippen LogP contribution in [0.15, 0.2) is 9.82 Å². The molecule has 0 saturated carbocycles. The Morgan fingerprint density at radius 1 is 1.42 bits per heavy atom. The molecule has 1 aliphatic rings. The number of aromatic amines is 1. The number of aromatic nitrogens is 2. The average molecular weight is 285 g/mol. The van der Waals surface area contributed by atoms with Crippen LogP contribution >= 0.6 is 11.8 Å². The number of H-pyrrole nitrogens is 1. The van der Waals surface area contributed by atoms with Crippen LogP contribution in [0.2, 0.25) is 0 Å². The van der Waals surface area contributed by atoms with Crippen molar-refractivity contribution in [1.82, 2.24) is 14.9 Å². The average Bonchev–Trinajstić information content (AvgIpc) is 2.68. The predicted molar refractivity (Wildman–Crippen MR) is 69.3 cm³/mol. The van der Waals surface area contributed by atoms with E-state index >= 15 is 0 Å². The number of hydrogen-bond acceptors (Lipinski definition) is 6. The van der Waals surface area contributed by atoms with Crippen molar-refractivity contribution in [2.45, 2.75) is 24.2 Å². The minimum absolute atomic E-state index is 0.0758. The van der Waals surface area contributed by atoms with Crippen LogP contribution in [0.5, 0.6) is 0 Å². The first-order valence-electron chi connectivity index (χ1n) is 5.74. The zero-order valence-corrected chi connectivity index (χ0v) is 11.4. The Labute approximate surface area is 113 Å². The molecule has 2 unspecified atom stereocenters. The first kappa shape index (κ1) is 14.0. The molecule has 1 amide bonds. The van der Waals surface area contributed by atoms with Crippen molar-refractivity contribution >= 4 is 17.7 Å². The van der Waals surface area contributed by atoms with Crippen molar-refractivity contribution in [2.24, 2.45) is 0 Å². The highest BCUT2D eigenvalue weighted by Gasteiger charge is 2.34. The van der Waals surface area contributed by atoms with Gasteiger partial charge in [-0.1, -0.05) is 0 Å². The van der Waals surface area contributed by atoms with Gasteiger partial charge in [0.05, 0.1) is 17.8 Å². The van der Waals surface area contributed by atoms with Gasteiger partial charge in [0.1, 0.15) is 5.03 Å². The van der Waals surface area contributed by atoms with E-state index in [1.165, 1.54) is 16.7 Å². The van der Waals surface area contributed by atoms with Gasteiger partial charge in [-0.25, -0.2) is 4.79 Å². The summed E-state index contributed by atoms with van der Waals surface area (Å²) in [4.78, 5) is 31.3. The molecule has 19 heavy (non-hydrogen) atoms. The molecule has 0 bridgehead atoms. The maximum atomic E-state index is 12.4. The summed E-state index contributed by atoms with van der Waals surface area (Å²) in [7, 11) is 0. The molecule has 0 aliphatic carbocycles. The summed E-state index contributed by atoms with van der Waals surface area (Å²) in [6.07, 6.45) is -0.138. The van der Waals surface area contributed by atoms with E-state index in [1.807, 2.05) is 0 Å². The Morgan fingerprint density at radius 3 is 2.53 bits per heavy atom. The molecule has 2 atom stereocenters. The number of rotatable bonds is 2. The number of likely N-dealkylation sites (tertiary alicyclic amines) is 1. The second kappa shape index (κ2) is 5.32. The molecule has 1 aliphatic heterocycles. The minimum atomic E-state index is -0.933. The molecule has 1 saturated heterocycles. The number of aliphatic hydroxyl groups excluding tert-OH is 2.